The van der Waals surface area contributed by atoms with Crippen molar-refractivity contribution in [3.05, 3.63) is 0 Å². The summed E-state index contributed by atoms with van der Waals surface area (Å²) in [6.07, 6.45) is 1.86. The number of hydrogen-bond acceptors (Lipinski definition) is 3. The second-order valence-electron chi connectivity index (χ2n) is 2.58. The summed E-state index contributed by atoms with van der Waals surface area (Å²) < 4.78 is 5.13. The standard InChI is InChI=1S/C7H13NO3/c1-10-8-7(9)6-3-2-4-11-5-6/h6H,2-5H2,1H3,(H,8,9). The first-order valence-corrected chi connectivity index (χ1v) is 3.75. The van der Waals surface area contributed by atoms with Gasteiger partial charge in [-0.25, -0.2) is 5.48 Å². The lowest BCUT2D eigenvalue weighted by Crippen LogP contribution is -2.34. The Bertz CT molecular complexity index is 132. The molecule has 4 nitrogen and oxygen atoms in total. The molecule has 0 aromatic rings. The van der Waals surface area contributed by atoms with Crippen LogP contribution in [0.2, 0.25) is 0 Å². The van der Waals surface area contributed by atoms with Crippen LogP contribution in [0.25, 0.3) is 0 Å². The lowest BCUT2D eigenvalue weighted by molar-refractivity contribution is -0.139. The van der Waals surface area contributed by atoms with Crippen LogP contribution >= 0.6 is 0 Å². The predicted octanol–water partition coefficient (Wildman–Crippen LogP) is 0.0906. The van der Waals surface area contributed by atoms with E-state index in [-0.39, 0.29) is 11.8 Å². The third-order valence-electron chi connectivity index (χ3n) is 1.73. The normalized spacial score (nSPS) is 24.6. The van der Waals surface area contributed by atoms with Crippen molar-refractivity contribution in [2.24, 2.45) is 5.92 Å². The Kier molecular flexibility index (Phi) is 3.32. The Morgan fingerprint density at radius 2 is 2.55 bits per heavy atom. The van der Waals surface area contributed by atoms with Crippen LogP contribution in [0.4, 0.5) is 0 Å². The van der Waals surface area contributed by atoms with Crippen molar-refractivity contribution in [2.75, 3.05) is 20.3 Å². The van der Waals surface area contributed by atoms with Crippen molar-refractivity contribution in [3.8, 4) is 0 Å². The van der Waals surface area contributed by atoms with Gasteiger partial charge < -0.3 is 4.74 Å². The molecule has 0 aromatic heterocycles. The van der Waals surface area contributed by atoms with Crippen molar-refractivity contribution in [3.63, 3.8) is 0 Å². The van der Waals surface area contributed by atoms with Crippen molar-refractivity contribution in [1.82, 2.24) is 5.48 Å². The molecule has 1 fully saturated rings. The molecule has 11 heavy (non-hydrogen) atoms. The van der Waals surface area contributed by atoms with Gasteiger partial charge in [-0.1, -0.05) is 0 Å². The number of hydrogen-bond donors (Lipinski definition) is 1. The smallest absolute Gasteiger partial charge is 0.248 e. The minimum absolute atomic E-state index is 0.0244. The van der Waals surface area contributed by atoms with Gasteiger partial charge >= 0.3 is 0 Å². The zero-order valence-electron chi connectivity index (χ0n) is 6.63. The van der Waals surface area contributed by atoms with Gasteiger partial charge in [0.25, 0.3) is 0 Å². The van der Waals surface area contributed by atoms with Gasteiger partial charge in [0.2, 0.25) is 5.91 Å². The highest BCUT2D eigenvalue weighted by Gasteiger charge is 2.21. The number of rotatable bonds is 2. The second-order valence-corrected chi connectivity index (χ2v) is 2.58. The van der Waals surface area contributed by atoms with Crippen LogP contribution < -0.4 is 5.48 Å². The van der Waals surface area contributed by atoms with Crippen LogP contribution in [-0.4, -0.2) is 26.2 Å². The minimum Gasteiger partial charge on any atom is -0.381 e. The Labute approximate surface area is 65.8 Å². The first-order chi connectivity index (χ1) is 5.34. The third-order valence-corrected chi connectivity index (χ3v) is 1.73. The molecule has 1 heterocycles. The molecule has 1 saturated heterocycles. The fraction of sp³-hybridized carbons (Fsp3) is 0.857. The van der Waals surface area contributed by atoms with Gasteiger partial charge in [-0.15, -0.1) is 0 Å². The average molecular weight is 159 g/mol. The zero-order valence-corrected chi connectivity index (χ0v) is 6.63. The number of amides is 1. The quantitative estimate of drug-likeness (QED) is 0.581. The summed E-state index contributed by atoms with van der Waals surface area (Å²) in [4.78, 5) is 15.6. The molecule has 1 amide bonds. The molecule has 64 valence electrons. The summed E-state index contributed by atoms with van der Waals surface area (Å²) in [5, 5.41) is 0. The summed E-state index contributed by atoms with van der Waals surface area (Å²) in [6, 6.07) is 0. The van der Waals surface area contributed by atoms with E-state index < -0.39 is 0 Å². The van der Waals surface area contributed by atoms with Gasteiger partial charge in [0.1, 0.15) is 0 Å². The summed E-state index contributed by atoms with van der Waals surface area (Å²) in [5.74, 6) is -0.101. The highest BCUT2D eigenvalue weighted by atomic mass is 16.6. The van der Waals surface area contributed by atoms with E-state index in [2.05, 4.69) is 10.3 Å². The summed E-state index contributed by atoms with van der Waals surface area (Å²) in [5.41, 5.74) is 2.30. The van der Waals surface area contributed by atoms with Crippen LogP contribution in [0, 0.1) is 5.92 Å². The van der Waals surface area contributed by atoms with Gasteiger partial charge in [-0.3, -0.25) is 9.63 Å². The van der Waals surface area contributed by atoms with E-state index in [1.165, 1.54) is 7.11 Å². The van der Waals surface area contributed by atoms with E-state index in [0.29, 0.717) is 6.61 Å². The van der Waals surface area contributed by atoms with Crippen LogP contribution in [0.1, 0.15) is 12.8 Å². The van der Waals surface area contributed by atoms with E-state index in [0.717, 1.165) is 19.4 Å². The van der Waals surface area contributed by atoms with E-state index in [4.69, 9.17) is 4.74 Å². The molecular formula is C7H13NO3. The molecule has 4 heteroatoms. The highest BCUT2D eigenvalue weighted by Crippen LogP contribution is 2.12. The molecule has 1 unspecified atom stereocenters. The molecule has 0 aromatic carbocycles. The Morgan fingerprint density at radius 3 is 3.09 bits per heavy atom. The zero-order chi connectivity index (χ0) is 8.10. The largest absolute Gasteiger partial charge is 0.381 e. The Morgan fingerprint density at radius 1 is 1.73 bits per heavy atom. The topological polar surface area (TPSA) is 47.6 Å². The molecule has 0 bridgehead atoms. The first-order valence-electron chi connectivity index (χ1n) is 3.75. The predicted molar refractivity (Wildman–Crippen MR) is 38.7 cm³/mol. The molecule has 1 N–H and O–H groups in total. The van der Waals surface area contributed by atoms with Crippen LogP contribution in [0.15, 0.2) is 0 Å². The molecule has 0 aliphatic carbocycles. The molecular weight excluding hydrogens is 146 g/mol. The van der Waals surface area contributed by atoms with Crippen molar-refractivity contribution >= 4 is 5.91 Å². The number of carbonyl (C=O) groups excluding carboxylic acids is 1. The van der Waals surface area contributed by atoms with Crippen molar-refractivity contribution < 1.29 is 14.4 Å². The van der Waals surface area contributed by atoms with Crippen LogP contribution in [0.3, 0.4) is 0 Å². The maximum atomic E-state index is 11.1. The van der Waals surface area contributed by atoms with E-state index in [9.17, 15) is 4.79 Å². The average Bonchev–Trinajstić information content (AvgIpc) is 2.07. The number of nitrogens with one attached hydrogen (secondary N) is 1. The molecule has 0 radical (unpaired) electrons. The van der Waals surface area contributed by atoms with Gasteiger partial charge in [0.05, 0.1) is 19.6 Å². The number of ether oxygens (including phenoxy) is 1. The van der Waals surface area contributed by atoms with Crippen LogP contribution in [0.5, 0.6) is 0 Å². The highest BCUT2D eigenvalue weighted by molar-refractivity contribution is 5.77. The van der Waals surface area contributed by atoms with Crippen molar-refractivity contribution in [2.45, 2.75) is 12.8 Å². The number of hydroxylamine groups is 1. The number of carbonyl (C=O) groups is 1. The summed E-state index contributed by atoms with van der Waals surface area (Å²) in [6.45, 7) is 1.30. The van der Waals surface area contributed by atoms with E-state index >= 15 is 0 Å². The third kappa shape index (κ3) is 2.48. The molecule has 1 aliphatic heterocycles. The fourth-order valence-electron chi connectivity index (χ4n) is 1.13. The van der Waals surface area contributed by atoms with Gasteiger partial charge in [-0.05, 0) is 12.8 Å². The lowest BCUT2D eigenvalue weighted by Gasteiger charge is -2.20. The molecule has 1 atom stereocenters. The van der Waals surface area contributed by atoms with E-state index in [1.54, 1.807) is 0 Å². The molecule has 1 rings (SSSR count). The summed E-state index contributed by atoms with van der Waals surface area (Å²) in [7, 11) is 1.43. The second kappa shape index (κ2) is 4.31. The Hall–Kier alpha value is -0.610. The fourth-order valence-corrected chi connectivity index (χ4v) is 1.13. The van der Waals surface area contributed by atoms with Gasteiger partial charge in [0.15, 0.2) is 0 Å². The Balaban J connectivity index is 2.27. The maximum absolute atomic E-state index is 11.1. The minimum atomic E-state index is -0.0767. The summed E-state index contributed by atoms with van der Waals surface area (Å²) >= 11 is 0. The molecule has 1 aliphatic rings. The van der Waals surface area contributed by atoms with E-state index in [1.807, 2.05) is 0 Å². The first kappa shape index (κ1) is 8.49. The van der Waals surface area contributed by atoms with Crippen LogP contribution in [-0.2, 0) is 14.4 Å². The lowest BCUT2D eigenvalue weighted by atomic mass is 10.0. The maximum Gasteiger partial charge on any atom is 0.248 e. The molecule has 0 saturated carbocycles. The van der Waals surface area contributed by atoms with Gasteiger partial charge in [-0.2, -0.15) is 0 Å². The van der Waals surface area contributed by atoms with Gasteiger partial charge in [0, 0.05) is 6.61 Å². The van der Waals surface area contributed by atoms with Crippen molar-refractivity contribution in [1.29, 1.82) is 0 Å². The SMILES string of the molecule is CONC(=O)C1CCCOC1. The molecule has 0 spiro atoms. The monoisotopic (exact) mass is 159 g/mol.